The number of rotatable bonds is 6. The Morgan fingerprint density at radius 1 is 1.12 bits per heavy atom. The number of carbonyl (C=O) groups is 2. The van der Waals surface area contributed by atoms with Crippen molar-refractivity contribution in [2.45, 2.75) is 39.7 Å². The highest BCUT2D eigenvalue weighted by molar-refractivity contribution is 5.77. The van der Waals surface area contributed by atoms with Crippen molar-refractivity contribution in [3.8, 4) is 5.75 Å². The Hall–Kier alpha value is -3.29. The Morgan fingerprint density at radius 2 is 1.91 bits per heavy atom. The van der Waals surface area contributed by atoms with Gasteiger partial charge < -0.3 is 24.4 Å². The minimum absolute atomic E-state index is 0.217. The van der Waals surface area contributed by atoms with Crippen LogP contribution in [-0.2, 0) is 22.5 Å². The van der Waals surface area contributed by atoms with Crippen LogP contribution in [0, 0.1) is 12.3 Å². The van der Waals surface area contributed by atoms with Crippen LogP contribution >= 0.6 is 0 Å². The van der Waals surface area contributed by atoms with Crippen LogP contribution in [0.4, 0.5) is 10.5 Å². The molecule has 176 valence electrons. The summed E-state index contributed by atoms with van der Waals surface area (Å²) in [6, 6.07) is 9.85. The molecule has 0 unspecified atom stereocenters. The number of ether oxygens (including phenoxy) is 2. The molecule has 0 atom stereocenters. The molecule has 2 aliphatic heterocycles. The van der Waals surface area contributed by atoms with E-state index in [2.05, 4.69) is 16.0 Å². The van der Waals surface area contributed by atoms with Crippen molar-refractivity contribution < 1.29 is 24.2 Å². The maximum atomic E-state index is 13.0. The lowest BCUT2D eigenvalue weighted by molar-refractivity contribution is -0.159. The molecule has 8 heteroatoms. The Bertz CT molecular complexity index is 1020. The van der Waals surface area contributed by atoms with E-state index in [9.17, 15) is 14.7 Å². The fourth-order valence-corrected chi connectivity index (χ4v) is 4.62. The van der Waals surface area contributed by atoms with Gasteiger partial charge in [0.05, 0.1) is 6.61 Å². The Balaban J connectivity index is 1.46. The number of hydrogen-bond donors (Lipinski definition) is 1. The largest absolute Gasteiger partial charge is 0.492 e. The van der Waals surface area contributed by atoms with Gasteiger partial charge in [-0.15, -0.1) is 0 Å². The number of piperidine rings is 1. The first kappa shape index (κ1) is 22.9. The monoisotopic (exact) mass is 453 g/mol. The van der Waals surface area contributed by atoms with Gasteiger partial charge in [-0.05, 0) is 68.5 Å². The summed E-state index contributed by atoms with van der Waals surface area (Å²) in [6.07, 6.45) is 2.85. The van der Waals surface area contributed by atoms with E-state index in [0.29, 0.717) is 44.7 Å². The van der Waals surface area contributed by atoms with Gasteiger partial charge in [-0.2, -0.15) is 0 Å². The molecule has 0 spiro atoms. The number of amides is 1. The van der Waals surface area contributed by atoms with Gasteiger partial charge in [-0.3, -0.25) is 9.78 Å². The van der Waals surface area contributed by atoms with Crippen LogP contribution in [0.3, 0.4) is 0 Å². The Labute approximate surface area is 194 Å². The number of aryl methyl sites for hydroxylation is 1. The molecular formula is C25H31N3O5. The highest BCUT2D eigenvalue weighted by Gasteiger charge is 2.44. The molecule has 0 bridgehead atoms. The maximum absolute atomic E-state index is 13.0. The number of esters is 1. The molecule has 2 aliphatic rings. The number of pyridine rings is 1. The molecule has 1 saturated heterocycles. The van der Waals surface area contributed by atoms with Gasteiger partial charge in [-0.25, -0.2) is 4.79 Å². The van der Waals surface area contributed by atoms with Gasteiger partial charge >= 0.3 is 12.1 Å². The highest BCUT2D eigenvalue weighted by Crippen LogP contribution is 2.36. The van der Waals surface area contributed by atoms with E-state index in [1.807, 2.05) is 44.3 Å². The van der Waals surface area contributed by atoms with Crippen LogP contribution in [0.15, 0.2) is 36.5 Å². The van der Waals surface area contributed by atoms with Crippen molar-refractivity contribution in [2.75, 3.05) is 37.7 Å². The number of fused-ring (bicyclic) bond motifs is 1. The van der Waals surface area contributed by atoms with Crippen LogP contribution in [0.1, 0.15) is 36.6 Å². The van der Waals surface area contributed by atoms with Crippen LogP contribution < -0.4 is 9.64 Å². The topological polar surface area (TPSA) is 92.2 Å². The van der Waals surface area contributed by atoms with Crippen LogP contribution in [-0.4, -0.2) is 59.9 Å². The summed E-state index contributed by atoms with van der Waals surface area (Å²) in [5.74, 6) is 0.433. The van der Waals surface area contributed by atoms with E-state index in [1.165, 1.54) is 4.90 Å². The molecule has 8 nitrogen and oxygen atoms in total. The fraction of sp³-hybridized carbons (Fsp3) is 0.480. The molecule has 2 aromatic rings. The molecule has 1 N–H and O–H groups in total. The Kier molecular flexibility index (Phi) is 6.72. The van der Waals surface area contributed by atoms with Crippen molar-refractivity contribution >= 4 is 17.7 Å². The second-order valence-electron chi connectivity index (χ2n) is 8.82. The first-order valence-electron chi connectivity index (χ1n) is 11.5. The lowest BCUT2D eigenvalue weighted by Crippen LogP contribution is -2.48. The lowest BCUT2D eigenvalue weighted by Gasteiger charge is -2.40. The predicted octanol–water partition coefficient (Wildman–Crippen LogP) is 3.65. The van der Waals surface area contributed by atoms with Crippen LogP contribution in [0.25, 0.3) is 0 Å². The number of benzene rings is 1. The summed E-state index contributed by atoms with van der Waals surface area (Å²) in [7, 11) is 0. The molecule has 0 radical (unpaired) electrons. The number of nitrogens with zero attached hydrogens (tertiary/aromatic N) is 3. The number of anilines is 1. The zero-order valence-electron chi connectivity index (χ0n) is 19.2. The Morgan fingerprint density at radius 3 is 2.61 bits per heavy atom. The third kappa shape index (κ3) is 5.05. The van der Waals surface area contributed by atoms with Gasteiger partial charge in [0.2, 0.25) is 0 Å². The summed E-state index contributed by atoms with van der Waals surface area (Å²) >= 11 is 0. The molecule has 1 aromatic heterocycles. The van der Waals surface area contributed by atoms with Crippen LogP contribution in [0.2, 0.25) is 0 Å². The van der Waals surface area contributed by atoms with E-state index in [0.717, 1.165) is 35.6 Å². The third-order valence-corrected chi connectivity index (χ3v) is 6.65. The van der Waals surface area contributed by atoms with Gasteiger partial charge in [-0.1, -0.05) is 6.07 Å². The van der Waals surface area contributed by atoms with Gasteiger partial charge in [0, 0.05) is 43.8 Å². The van der Waals surface area contributed by atoms with E-state index in [4.69, 9.17) is 9.47 Å². The summed E-state index contributed by atoms with van der Waals surface area (Å²) in [6.45, 7) is 6.66. The van der Waals surface area contributed by atoms with Crippen molar-refractivity contribution in [2.24, 2.45) is 5.41 Å². The van der Waals surface area contributed by atoms with Gasteiger partial charge in [0.1, 0.15) is 17.8 Å². The summed E-state index contributed by atoms with van der Waals surface area (Å²) < 4.78 is 11.6. The SMILES string of the molecule is CCOC(=O)C1(COc2ccc3c(c2)CN(C(=O)O)CC3)CCN(c2ccnc(C)c2)CC1. The normalized spacial score (nSPS) is 17.3. The average molecular weight is 454 g/mol. The van der Waals surface area contributed by atoms with E-state index in [-0.39, 0.29) is 12.6 Å². The summed E-state index contributed by atoms with van der Waals surface area (Å²) in [5, 5.41) is 9.31. The number of hydrogen-bond acceptors (Lipinski definition) is 6. The van der Waals surface area contributed by atoms with Crippen molar-refractivity contribution in [1.29, 1.82) is 0 Å². The number of carbonyl (C=O) groups excluding carboxylic acids is 1. The summed E-state index contributed by atoms with van der Waals surface area (Å²) in [5.41, 5.74) is 3.46. The smallest absolute Gasteiger partial charge is 0.407 e. The second-order valence-corrected chi connectivity index (χ2v) is 8.82. The number of aromatic nitrogens is 1. The average Bonchev–Trinajstić information content (AvgIpc) is 2.82. The molecule has 0 aliphatic carbocycles. The minimum Gasteiger partial charge on any atom is -0.492 e. The molecule has 0 saturated carbocycles. The third-order valence-electron chi connectivity index (χ3n) is 6.65. The van der Waals surface area contributed by atoms with Gasteiger partial charge in [0.25, 0.3) is 0 Å². The first-order valence-corrected chi connectivity index (χ1v) is 11.5. The lowest BCUT2D eigenvalue weighted by atomic mass is 9.79. The predicted molar refractivity (Wildman–Crippen MR) is 124 cm³/mol. The molecule has 1 aromatic carbocycles. The number of carboxylic acid groups (broad SMARTS) is 1. The molecular weight excluding hydrogens is 422 g/mol. The standard InChI is InChI=1S/C25H31N3O5/c1-3-32-23(29)25(8-12-27(13-9-25)21-6-10-26-18(2)14-21)17-33-22-5-4-19-7-11-28(24(30)31)16-20(19)15-22/h4-6,10,14-15H,3,7-9,11-13,16-17H2,1-2H3,(H,30,31). The molecule has 1 amide bonds. The maximum Gasteiger partial charge on any atom is 0.407 e. The van der Waals surface area contributed by atoms with E-state index >= 15 is 0 Å². The quantitative estimate of drug-likeness (QED) is 0.668. The van der Waals surface area contributed by atoms with Crippen molar-refractivity contribution in [3.63, 3.8) is 0 Å². The van der Waals surface area contributed by atoms with E-state index in [1.54, 1.807) is 0 Å². The molecule has 3 heterocycles. The zero-order chi connectivity index (χ0) is 23.4. The van der Waals surface area contributed by atoms with E-state index < -0.39 is 11.5 Å². The van der Waals surface area contributed by atoms with Crippen molar-refractivity contribution in [3.05, 3.63) is 53.3 Å². The van der Waals surface area contributed by atoms with Crippen LogP contribution in [0.5, 0.6) is 5.75 Å². The highest BCUT2D eigenvalue weighted by atomic mass is 16.5. The van der Waals surface area contributed by atoms with Gasteiger partial charge in [0.15, 0.2) is 0 Å². The molecule has 33 heavy (non-hydrogen) atoms. The second kappa shape index (κ2) is 9.68. The summed E-state index contributed by atoms with van der Waals surface area (Å²) in [4.78, 5) is 32.3. The zero-order valence-corrected chi connectivity index (χ0v) is 19.2. The first-order chi connectivity index (χ1) is 15.9. The fourth-order valence-electron chi connectivity index (χ4n) is 4.62. The minimum atomic E-state index is -0.913. The molecule has 4 rings (SSSR count). The van der Waals surface area contributed by atoms with Crippen molar-refractivity contribution in [1.82, 2.24) is 9.88 Å². The molecule has 1 fully saturated rings.